The van der Waals surface area contributed by atoms with Crippen LogP contribution in [0, 0.1) is 0 Å². The molecule has 1 aliphatic heterocycles. The number of methoxy groups -OCH3 is 1. The van der Waals surface area contributed by atoms with Crippen LogP contribution >= 0.6 is 11.6 Å². The molecule has 5 heteroatoms. The molecule has 2 fully saturated rings. The SMILES string of the molecule is COC(=O)[C@@H]1OC2(CCCC2)O[C@H]1c1ccccc1Cl. The van der Waals surface area contributed by atoms with Crippen LogP contribution in [0.5, 0.6) is 0 Å². The van der Waals surface area contributed by atoms with Crippen LogP contribution in [-0.4, -0.2) is 25.0 Å². The first-order valence-electron chi connectivity index (χ1n) is 6.83. The summed E-state index contributed by atoms with van der Waals surface area (Å²) in [6, 6.07) is 7.37. The summed E-state index contributed by atoms with van der Waals surface area (Å²) in [6.45, 7) is 0. The van der Waals surface area contributed by atoms with Crippen LogP contribution in [0.25, 0.3) is 0 Å². The minimum absolute atomic E-state index is 0.418. The molecule has 1 saturated carbocycles. The number of carbonyl (C=O) groups excluding carboxylic acids is 1. The van der Waals surface area contributed by atoms with Gasteiger partial charge in [0.05, 0.1) is 7.11 Å². The third-order valence-electron chi connectivity index (χ3n) is 3.97. The largest absolute Gasteiger partial charge is 0.467 e. The molecule has 0 radical (unpaired) electrons. The molecular weight excluding hydrogens is 280 g/mol. The van der Waals surface area contributed by atoms with E-state index in [1.165, 1.54) is 7.11 Å². The lowest BCUT2D eigenvalue weighted by atomic mass is 10.0. The quantitative estimate of drug-likeness (QED) is 0.786. The summed E-state index contributed by atoms with van der Waals surface area (Å²) < 4.78 is 16.9. The predicted molar refractivity (Wildman–Crippen MR) is 73.4 cm³/mol. The summed E-state index contributed by atoms with van der Waals surface area (Å²) in [6.07, 6.45) is 2.45. The second kappa shape index (κ2) is 5.35. The Morgan fingerprint density at radius 3 is 2.65 bits per heavy atom. The van der Waals surface area contributed by atoms with Crippen LogP contribution in [0.4, 0.5) is 0 Å². The van der Waals surface area contributed by atoms with Crippen LogP contribution in [0.3, 0.4) is 0 Å². The average Bonchev–Trinajstić information content (AvgIpc) is 3.07. The predicted octanol–water partition coefficient (Wildman–Crippen LogP) is 3.24. The first kappa shape index (κ1) is 13.9. The second-order valence-electron chi connectivity index (χ2n) is 5.24. The molecule has 0 bridgehead atoms. The maximum absolute atomic E-state index is 12.0. The van der Waals surface area contributed by atoms with Gasteiger partial charge in [-0.3, -0.25) is 0 Å². The van der Waals surface area contributed by atoms with E-state index in [0.29, 0.717) is 5.02 Å². The maximum Gasteiger partial charge on any atom is 0.338 e. The fourth-order valence-electron chi connectivity index (χ4n) is 2.98. The van der Waals surface area contributed by atoms with E-state index in [9.17, 15) is 4.79 Å². The van der Waals surface area contributed by atoms with Crippen molar-refractivity contribution in [2.75, 3.05) is 7.11 Å². The number of hydrogen-bond acceptors (Lipinski definition) is 4. The Morgan fingerprint density at radius 1 is 1.30 bits per heavy atom. The van der Waals surface area contributed by atoms with E-state index in [1.807, 2.05) is 18.2 Å². The maximum atomic E-state index is 12.0. The molecule has 1 saturated heterocycles. The van der Waals surface area contributed by atoms with Crippen molar-refractivity contribution in [3.05, 3.63) is 34.9 Å². The summed E-state index contributed by atoms with van der Waals surface area (Å²) in [7, 11) is 1.36. The van der Waals surface area contributed by atoms with E-state index in [2.05, 4.69) is 0 Å². The molecular formula is C15H17ClO4. The van der Waals surface area contributed by atoms with Crippen molar-refractivity contribution in [1.29, 1.82) is 0 Å². The molecule has 0 amide bonds. The summed E-state index contributed by atoms with van der Waals surface area (Å²) in [5.41, 5.74) is 0.772. The van der Waals surface area contributed by atoms with Gasteiger partial charge in [0.25, 0.3) is 0 Å². The van der Waals surface area contributed by atoms with E-state index >= 15 is 0 Å². The molecule has 1 aliphatic carbocycles. The zero-order valence-electron chi connectivity index (χ0n) is 11.3. The molecule has 1 aromatic carbocycles. The molecule has 1 heterocycles. The summed E-state index contributed by atoms with van der Waals surface area (Å²) in [5.74, 6) is -1.07. The first-order chi connectivity index (χ1) is 9.65. The first-order valence-corrected chi connectivity index (χ1v) is 7.21. The van der Waals surface area contributed by atoms with Gasteiger partial charge in [-0.05, 0) is 18.9 Å². The van der Waals surface area contributed by atoms with Crippen LogP contribution in [0.1, 0.15) is 37.4 Å². The number of esters is 1. The molecule has 20 heavy (non-hydrogen) atoms. The van der Waals surface area contributed by atoms with Gasteiger partial charge in [0.2, 0.25) is 0 Å². The van der Waals surface area contributed by atoms with Crippen LogP contribution < -0.4 is 0 Å². The number of carbonyl (C=O) groups is 1. The van der Waals surface area contributed by atoms with Gasteiger partial charge < -0.3 is 14.2 Å². The highest BCUT2D eigenvalue weighted by molar-refractivity contribution is 6.31. The van der Waals surface area contributed by atoms with Crippen molar-refractivity contribution in [2.24, 2.45) is 0 Å². The van der Waals surface area contributed by atoms with Gasteiger partial charge in [-0.1, -0.05) is 29.8 Å². The van der Waals surface area contributed by atoms with E-state index < -0.39 is 24.0 Å². The fraction of sp³-hybridized carbons (Fsp3) is 0.533. The Labute approximate surface area is 123 Å². The van der Waals surface area contributed by atoms with E-state index in [-0.39, 0.29) is 0 Å². The zero-order valence-corrected chi connectivity index (χ0v) is 12.1. The molecule has 0 N–H and O–H groups in total. The third-order valence-corrected chi connectivity index (χ3v) is 4.31. The zero-order chi connectivity index (χ0) is 14.2. The number of halogens is 1. The topological polar surface area (TPSA) is 44.8 Å². The van der Waals surface area contributed by atoms with E-state index in [1.54, 1.807) is 6.07 Å². The van der Waals surface area contributed by atoms with Crippen LogP contribution in [0.2, 0.25) is 5.02 Å². The number of rotatable bonds is 2. The Bertz CT molecular complexity index is 510. The number of ether oxygens (including phenoxy) is 3. The molecule has 1 spiro atoms. The molecule has 1 aromatic rings. The number of hydrogen-bond donors (Lipinski definition) is 0. The molecule has 3 rings (SSSR count). The van der Waals surface area contributed by atoms with Gasteiger partial charge in [-0.2, -0.15) is 0 Å². The molecule has 2 atom stereocenters. The Morgan fingerprint density at radius 2 is 2.00 bits per heavy atom. The minimum Gasteiger partial charge on any atom is -0.467 e. The highest BCUT2D eigenvalue weighted by atomic mass is 35.5. The van der Waals surface area contributed by atoms with E-state index in [0.717, 1.165) is 31.2 Å². The van der Waals surface area contributed by atoms with Gasteiger partial charge in [0, 0.05) is 23.4 Å². The lowest BCUT2D eigenvalue weighted by molar-refractivity contribution is -0.180. The van der Waals surface area contributed by atoms with Crippen molar-refractivity contribution < 1.29 is 19.0 Å². The van der Waals surface area contributed by atoms with Crippen molar-refractivity contribution in [2.45, 2.75) is 43.7 Å². The second-order valence-corrected chi connectivity index (χ2v) is 5.65. The monoisotopic (exact) mass is 296 g/mol. The minimum atomic E-state index is -0.752. The molecule has 108 valence electrons. The molecule has 4 nitrogen and oxygen atoms in total. The Balaban J connectivity index is 1.94. The standard InChI is InChI=1S/C15H17ClO4/c1-18-14(17)13-12(10-6-2-3-7-11(10)16)19-15(20-13)8-4-5-9-15/h2-3,6-7,12-13H,4-5,8-9H2,1H3/t12-,13+/m0/s1. The Hall–Kier alpha value is -1.10. The lowest BCUT2D eigenvalue weighted by Gasteiger charge is -2.21. The van der Waals surface area contributed by atoms with Gasteiger partial charge in [-0.25, -0.2) is 4.79 Å². The lowest BCUT2D eigenvalue weighted by Crippen LogP contribution is -2.30. The van der Waals surface area contributed by atoms with Crippen LogP contribution in [0.15, 0.2) is 24.3 Å². The smallest absolute Gasteiger partial charge is 0.338 e. The van der Waals surface area contributed by atoms with Crippen molar-refractivity contribution in [1.82, 2.24) is 0 Å². The van der Waals surface area contributed by atoms with Gasteiger partial charge >= 0.3 is 5.97 Å². The summed E-state index contributed by atoms with van der Waals surface area (Å²) in [5, 5.41) is 0.574. The summed E-state index contributed by atoms with van der Waals surface area (Å²) >= 11 is 6.22. The average molecular weight is 297 g/mol. The van der Waals surface area contributed by atoms with Gasteiger partial charge in [0.1, 0.15) is 6.10 Å². The number of benzene rings is 1. The van der Waals surface area contributed by atoms with Gasteiger partial charge in [0.15, 0.2) is 11.9 Å². The highest BCUT2D eigenvalue weighted by Gasteiger charge is 2.53. The van der Waals surface area contributed by atoms with Crippen molar-refractivity contribution in [3.8, 4) is 0 Å². The highest BCUT2D eigenvalue weighted by Crippen LogP contribution is 2.48. The fourth-order valence-corrected chi connectivity index (χ4v) is 3.23. The molecule has 0 aromatic heterocycles. The molecule has 2 aliphatic rings. The normalized spacial score (nSPS) is 27.9. The van der Waals surface area contributed by atoms with Crippen molar-refractivity contribution >= 4 is 17.6 Å². The third kappa shape index (κ3) is 2.32. The van der Waals surface area contributed by atoms with Crippen molar-refractivity contribution in [3.63, 3.8) is 0 Å². The Kier molecular flexibility index (Phi) is 3.71. The van der Waals surface area contributed by atoms with Crippen LogP contribution in [-0.2, 0) is 19.0 Å². The summed E-state index contributed by atoms with van der Waals surface area (Å²) in [4.78, 5) is 12.0. The van der Waals surface area contributed by atoms with Gasteiger partial charge in [-0.15, -0.1) is 0 Å². The van der Waals surface area contributed by atoms with E-state index in [4.69, 9.17) is 25.8 Å². The molecule has 0 unspecified atom stereocenters.